The topological polar surface area (TPSA) is 69.3 Å². The summed E-state index contributed by atoms with van der Waals surface area (Å²) < 4.78 is 13.3. The Bertz CT molecular complexity index is 1130. The third kappa shape index (κ3) is 3.36. The standard InChI is InChI=1S/C22H21N3O3/c1-3-27-20-10-8-15-6-4-5-7-17(15)21(20)22(26)23-14-16-9-11-19(28-16)18-12-13-24-25(18)2/h4-13H,3,14H2,1-2H3,(H,23,26). The van der Waals surface area contributed by atoms with E-state index in [0.717, 1.165) is 16.5 Å². The molecule has 0 bridgehead atoms. The van der Waals surface area contributed by atoms with Gasteiger partial charge in [0.2, 0.25) is 0 Å². The number of hydrogen-bond donors (Lipinski definition) is 1. The maximum Gasteiger partial charge on any atom is 0.256 e. The third-order valence-corrected chi connectivity index (χ3v) is 4.58. The molecule has 0 aliphatic rings. The van der Waals surface area contributed by atoms with Gasteiger partial charge in [0.05, 0.1) is 18.7 Å². The van der Waals surface area contributed by atoms with Crippen LogP contribution in [0.15, 0.2) is 65.2 Å². The Kier molecular flexibility index (Phi) is 4.85. The zero-order chi connectivity index (χ0) is 19.5. The summed E-state index contributed by atoms with van der Waals surface area (Å²) in [7, 11) is 1.86. The van der Waals surface area contributed by atoms with Crippen LogP contribution in [0.5, 0.6) is 5.75 Å². The van der Waals surface area contributed by atoms with Gasteiger partial charge in [-0.3, -0.25) is 9.48 Å². The van der Waals surface area contributed by atoms with E-state index in [1.54, 1.807) is 10.9 Å². The largest absolute Gasteiger partial charge is 0.493 e. The molecule has 4 rings (SSSR count). The minimum Gasteiger partial charge on any atom is -0.493 e. The van der Waals surface area contributed by atoms with Gasteiger partial charge in [-0.25, -0.2) is 0 Å². The van der Waals surface area contributed by atoms with Crippen LogP contribution >= 0.6 is 0 Å². The Morgan fingerprint density at radius 2 is 2.00 bits per heavy atom. The number of aryl methyl sites for hydroxylation is 1. The molecule has 2 aromatic carbocycles. The fourth-order valence-corrected chi connectivity index (χ4v) is 3.24. The highest BCUT2D eigenvalue weighted by atomic mass is 16.5. The number of carbonyl (C=O) groups excluding carboxylic acids is 1. The van der Waals surface area contributed by atoms with Gasteiger partial charge in [-0.15, -0.1) is 0 Å². The highest BCUT2D eigenvalue weighted by molar-refractivity contribution is 6.09. The number of benzene rings is 2. The van der Waals surface area contributed by atoms with Gasteiger partial charge >= 0.3 is 0 Å². The van der Waals surface area contributed by atoms with E-state index in [9.17, 15) is 4.79 Å². The number of nitrogens with zero attached hydrogens (tertiary/aromatic N) is 2. The molecule has 28 heavy (non-hydrogen) atoms. The lowest BCUT2D eigenvalue weighted by Gasteiger charge is -2.13. The molecule has 0 atom stereocenters. The Labute approximate surface area is 162 Å². The van der Waals surface area contributed by atoms with Crippen molar-refractivity contribution in [2.24, 2.45) is 7.05 Å². The molecule has 1 amide bonds. The Morgan fingerprint density at radius 3 is 2.79 bits per heavy atom. The zero-order valence-electron chi connectivity index (χ0n) is 15.8. The average Bonchev–Trinajstić information content (AvgIpc) is 3.34. The number of hydrogen-bond acceptors (Lipinski definition) is 4. The number of rotatable bonds is 6. The SMILES string of the molecule is CCOc1ccc2ccccc2c1C(=O)NCc1ccc(-c2ccnn2C)o1. The molecule has 0 fully saturated rings. The Hall–Kier alpha value is -3.54. The lowest BCUT2D eigenvalue weighted by atomic mass is 10.0. The zero-order valence-corrected chi connectivity index (χ0v) is 15.8. The van der Waals surface area contributed by atoms with Crippen LogP contribution < -0.4 is 10.1 Å². The first-order valence-corrected chi connectivity index (χ1v) is 9.17. The van der Waals surface area contributed by atoms with Crippen molar-refractivity contribution in [1.82, 2.24) is 15.1 Å². The summed E-state index contributed by atoms with van der Waals surface area (Å²) in [6.45, 7) is 2.68. The third-order valence-electron chi connectivity index (χ3n) is 4.58. The summed E-state index contributed by atoms with van der Waals surface area (Å²) >= 11 is 0. The molecule has 0 saturated heterocycles. The van der Waals surface area contributed by atoms with Gasteiger partial charge < -0.3 is 14.5 Å². The first kappa shape index (κ1) is 17.9. The predicted octanol–water partition coefficient (Wildman–Crippen LogP) is 4.16. The second kappa shape index (κ2) is 7.60. The molecule has 0 saturated carbocycles. The quantitative estimate of drug-likeness (QED) is 0.549. The summed E-state index contributed by atoms with van der Waals surface area (Å²) in [6.07, 6.45) is 1.72. The summed E-state index contributed by atoms with van der Waals surface area (Å²) in [6, 6.07) is 17.2. The van der Waals surface area contributed by atoms with Crippen LogP contribution in [0.2, 0.25) is 0 Å². The highest BCUT2D eigenvalue weighted by Gasteiger charge is 2.17. The number of amides is 1. The molecule has 1 N–H and O–H groups in total. The highest BCUT2D eigenvalue weighted by Crippen LogP contribution is 2.28. The van der Waals surface area contributed by atoms with Gasteiger partial charge in [0.15, 0.2) is 5.76 Å². The number of nitrogens with one attached hydrogen (secondary N) is 1. The minimum atomic E-state index is -0.196. The van der Waals surface area contributed by atoms with Crippen molar-refractivity contribution in [3.05, 3.63) is 72.1 Å². The molecule has 4 aromatic rings. The number of carbonyl (C=O) groups is 1. The summed E-state index contributed by atoms with van der Waals surface area (Å²) in [4.78, 5) is 13.0. The van der Waals surface area contributed by atoms with E-state index in [-0.39, 0.29) is 12.5 Å². The van der Waals surface area contributed by atoms with Crippen molar-refractivity contribution in [2.45, 2.75) is 13.5 Å². The van der Waals surface area contributed by atoms with Crippen LogP contribution in [0.4, 0.5) is 0 Å². The second-order valence-electron chi connectivity index (χ2n) is 6.38. The molecule has 2 aromatic heterocycles. The van der Waals surface area contributed by atoms with Gasteiger partial charge in [0, 0.05) is 13.2 Å². The van der Waals surface area contributed by atoms with Crippen molar-refractivity contribution < 1.29 is 13.9 Å². The fourth-order valence-electron chi connectivity index (χ4n) is 3.24. The van der Waals surface area contributed by atoms with E-state index >= 15 is 0 Å². The van der Waals surface area contributed by atoms with Crippen LogP contribution in [0.3, 0.4) is 0 Å². The number of ether oxygens (including phenoxy) is 1. The predicted molar refractivity (Wildman–Crippen MR) is 107 cm³/mol. The van der Waals surface area contributed by atoms with Gasteiger partial charge in [0.25, 0.3) is 5.91 Å². The monoisotopic (exact) mass is 375 g/mol. The number of aromatic nitrogens is 2. The lowest BCUT2D eigenvalue weighted by molar-refractivity contribution is 0.0946. The van der Waals surface area contributed by atoms with E-state index in [4.69, 9.17) is 9.15 Å². The lowest BCUT2D eigenvalue weighted by Crippen LogP contribution is -2.23. The van der Waals surface area contributed by atoms with Crippen LogP contribution in [0, 0.1) is 0 Å². The molecule has 0 unspecified atom stereocenters. The summed E-state index contributed by atoms with van der Waals surface area (Å²) in [5.41, 5.74) is 1.42. The minimum absolute atomic E-state index is 0.196. The second-order valence-corrected chi connectivity index (χ2v) is 6.38. The molecular formula is C22H21N3O3. The molecule has 0 spiro atoms. The first-order valence-electron chi connectivity index (χ1n) is 9.17. The van der Waals surface area contributed by atoms with Crippen molar-refractivity contribution in [2.75, 3.05) is 6.61 Å². The maximum absolute atomic E-state index is 13.0. The summed E-state index contributed by atoms with van der Waals surface area (Å²) in [5, 5.41) is 8.94. The molecule has 142 valence electrons. The van der Waals surface area contributed by atoms with Crippen LogP contribution in [-0.2, 0) is 13.6 Å². The maximum atomic E-state index is 13.0. The van der Waals surface area contributed by atoms with E-state index in [0.29, 0.717) is 29.4 Å². The normalized spacial score (nSPS) is 10.9. The molecule has 0 aliphatic heterocycles. The van der Waals surface area contributed by atoms with Gasteiger partial charge in [-0.1, -0.05) is 30.3 Å². The Morgan fingerprint density at radius 1 is 1.14 bits per heavy atom. The molecule has 2 heterocycles. The van der Waals surface area contributed by atoms with Crippen molar-refractivity contribution >= 4 is 16.7 Å². The van der Waals surface area contributed by atoms with E-state index in [1.165, 1.54) is 0 Å². The Balaban J connectivity index is 1.57. The van der Waals surface area contributed by atoms with Crippen LogP contribution in [-0.4, -0.2) is 22.3 Å². The number of furan rings is 1. The van der Waals surface area contributed by atoms with Gasteiger partial charge in [-0.2, -0.15) is 5.10 Å². The van der Waals surface area contributed by atoms with E-state index < -0.39 is 0 Å². The van der Waals surface area contributed by atoms with Gasteiger partial charge in [0.1, 0.15) is 17.2 Å². The summed E-state index contributed by atoms with van der Waals surface area (Å²) in [5.74, 6) is 1.76. The van der Waals surface area contributed by atoms with Crippen molar-refractivity contribution in [3.8, 4) is 17.2 Å². The van der Waals surface area contributed by atoms with Crippen LogP contribution in [0.25, 0.3) is 22.2 Å². The van der Waals surface area contributed by atoms with Crippen molar-refractivity contribution in [1.29, 1.82) is 0 Å². The van der Waals surface area contributed by atoms with Gasteiger partial charge in [-0.05, 0) is 42.0 Å². The van der Waals surface area contributed by atoms with E-state index in [2.05, 4.69) is 10.4 Å². The molecule has 0 radical (unpaired) electrons. The average molecular weight is 375 g/mol. The van der Waals surface area contributed by atoms with Crippen LogP contribution in [0.1, 0.15) is 23.0 Å². The van der Waals surface area contributed by atoms with E-state index in [1.807, 2.05) is 68.6 Å². The molecular weight excluding hydrogens is 354 g/mol. The number of fused-ring (bicyclic) bond motifs is 1. The smallest absolute Gasteiger partial charge is 0.256 e. The first-order chi connectivity index (χ1) is 13.7. The fraction of sp³-hybridized carbons (Fsp3) is 0.182. The van der Waals surface area contributed by atoms with Crippen molar-refractivity contribution in [3.63, 3.8) is 0 Å². The molecule has 6 heteroatoms. The molecule has 0 aliphatic carbocycles. The molecule has 6 nitrogen and oxygen atoms in total.